The Kier molecular flexibility index (Phi) is 3.76. The number of aryl methyl sites for hydroxylation is 2. The fraction of sp³-hybridized carbons (Fsp3) is 0.250. The van der Waals surface area contributed by atoms with E-state index in [0.29, 0.717) is 5.56 Å². The highest BCUT2D eigenvalue weighted by molar-refractivity contribution is 6.19. The summed E-state index contributed by atoms with van der Waals surface area (Å²) in [6, 6.07) is 3.52. The molecule has 1 N–H and O–H groups in total. The normalized spacial score (nSPS) is 9.27. The van der Waals surface area contributed by atoms with Crippen LogP contribution >= 0.6 is 11.6 Å². The van der Waals surface area contributed by atoms with Crippen LogP contribution in [0.4, 0.5) is 0 Å². The zero-order chi connectivity index (χ0) is 11.4. The second-order valence-corrected chi connectivity index (χ2v) is 3.49. The standard InChI is InChI=1S/C12H11ClO2/c1-8-6-10(4-3-5-13)7-9(2)11(8)12(14)15/h6-7H,5H2,1-2H3,(H,14,15). The predicted molar refractivity (Wildman–Crippen MR) is 60.5 cm³/mol. The molecule has 0 aliphatic rings. The van der Waals surface area contributed by atoms with Gasteiger partial charge in [-0.1, -0.05) is 11.8 Å². The van der Waals surface area contributed by atoms with Crippen LogP contribution in [0.25, 0.3) is 0 Å². The van der Waals surface area contributed by atoms with Crippen molar-refractivity contribution in [1.29, 1.82) is 0 Å². The predicted octanol–water partition coefficient (Wildman–Crippen LogP) is 2.59. The second-order valence-electron chi connectivity index (χ2n) is 3.23. The average molecular weight is 223 g/mol. The number of aromatic carboxylic acids is 1. The third-order valence-corrected chi connectivity index (χ3v) is 2.18. The Morgan fingerprint density at radius 2 is 1.93 bits per heavy atom. The van der Waals surface area contributed by atoms with E-state index in [9.17, 15) is 4.79 Å². The minimum absolute atomic E-state index is 0.277. The molecular weight excluding hydrogens is 212 g/mol. The van der Waals surface area contributed by atoms with Crippen molar-refractivity contribution in [3.63, 3.8) is 0 Å². The molecule has 0 saturated carbocycles. The Morgan fingerprint density at radius 3 is 2.33 bits per heavy atom. The summed E-state index contributed by atoms with van der Waals surface area (Å²) in [7, 11) is 0. The highest BCUT2D eigenvalue weighted by Crippen LogP contribution is 2.16. The van der Waals surface area contributed by atoms with E-state index in [1.807, 2.05) is 0 Å². The Labute approximate surface area is 93.9 Å². The first-order valence-corrected chi connectivity index (χ1v) is 4.99. The summed E-state index contributed by atoms with van der Waals surface area (Å²) in [5.41, 5.74) is 2.60. The van der Waals surface area contributed by atoms with Crippen molar-refractivity contribution in [2.75, 3.05) is 5.88 Å². The molecule has 2 nitrogen and oxygen atoms in total. The molecule has 78 valence electrons. The van der Waals surface area contributed by atoms with Gasteiger partial charge >= 0.3 is 5.97 Å². The van der Waals surface area contributed by atoms with Crippen molar-refractivity contribution in [3.05, 3.63) is 34.4 Å². The summed E-state index contributed by atoms with van der Waals surface area (Å²) < 4.78 is 0. The van der Waals surface area contributed by atoms with Crippen LogP contribution in [0.15, 0.2) is 12.1 Å². The van der Waals surface area contributed by atoms with Gasteiger partial charge < -0.3 is 5.11 Å². The summed E-state index contributed by atoms with van der Waals surface area (Å²) in [5, 5.41) is 8.96. The van der Waals surface area contributed by atoms with Gasteiger partial charge in [0.05, 0.1) is 11.4 Å². The van der Waals surface area contributed by atoms with Gasteiger partial charge in [-0.2, -0.15) is 0 Å². The fourth-order valence-corrected chi connectivity index (χ4v) is 1.58. The largest absolute Gasteiger partial charge is 0.478 e. The van der Waals surface area contributed by atoms with Crippen molar-refractivity contribution < 1.29 is 9.90 Å². The lowest BCUT2D eigenvalue weighted by molar-refractivity contribution is 0.0695. The highest BCUT2D eigenvalue weighted by atomic mass is 35.5. The molecule has 1 aromatic rings. The second kappa shape index (κ2) is 4.86. The lowest BCUT2D eigenvalue weighted by Gasteiger charge is -2.05. The molecular formula is C12H11ClO2. The molecule has 15 heavy (non-hydrogen) atoms. The highest BCUT2D eigenvalue weighted by Gasteiger charge is 2.10. The van der Waals surface area contributed by atoms with E-state index < -0.39 is 5.97 Å². The van der Waals surface area contributed by atoms with Gasteiger partial charge in [-0.15, -0.1) is 11.6 Å². The molecule has 0 aliphatic heterocycles. The number of rotatable bonds is 1. The first-order chi connectivity index (χ1) is 7.06. The van der Waals surface area contributed by atoms with E-state index in [2.05, 4.69) is 11.8 Å². The van der Waals surface area contributed by atoms with Gasteiger partial charge in [0.15, 0.2) is 0 Å². The van der Waals surface area contributed by atoms with Crippen LogP contribution in [0, 0.1) is 25.7 Å². The number of carboxylic acid groups (broad SMARTS) is 1. The number of carboxylic acids is 1. The number of halogens is 1. The zero-order valence-electron chi connectivity index (χ0n) is 8.60. The number of hydrogen-bond acceptors (Lipinski definition) is 1. The van der Waals surface area contributed by atoms with Gasteiger partial charge in [-0.25, -0.2) is 4.79 Å². The lowest BCUT2D eigenvalue weighted by atomic mass is 9.99. The Bertz CT molecular complexity index is 429. The van der Waals surface area contributed by atoms with Gasteiger partial charge in [0.1, 0.15) is 0 Å². The molecule has 0 aliphatic carbocycles. The monoisotopic (exact) mass is 222 g/mol. The van der Waals surface area contributed by atoms with E-state index >= 15 is 0 Å². The summed E-state index contributed by atoms with van der Waals surface area (Å²) in [4.78, 5) is 10.9. The first kappa shape index (κ1) is 11.6. The number of alkyl halides is 1. The van der Waals surface area contributed by atoms with Gasteiger partial charge in [0, 0.05) is 5.56 Å². The van der Waals surface area contributed by atoms with E-state index in [1.165, 1.54) is 0 Å². The Morgan fingerprint density at radius 1 is 1.40 bits per heavy atom. The van der Waals surface area contributed by atoms with Crippen LogP contribution in [0.5, 0.6) is 0 Å². The number of carbonyl (C=O) groups is 1. The van der Waals surface area contributed by atoms with Gasteiger partial charge in [0.2, 0.25) is 0 Å². The van der Waals surface area contributed by atoms with E-state index in [1.54, 1.807) is 26.0 Å². The molecule has 0 unspecified atom stereocenters. The quantitative estimate of drug-likeness (QED) is 0.586. The molecule has 0 bridgehead atoms. The van der Waals surface area contributed by atoms with Crippen LogP contribution in [-0.4, -0.2) is 17.0 Å². The van der Waals surface area contributed by atoms with Crippen LogP contribution in [0.2, 0.25) is 0 Å². The Hall–Kier alpha value is -1.46. The van der Waals surface area contributed by atoms with Crippen molar-refractivity contribution in [2.45, 2.75) is 13.8 Å². The molecule has 0 radical (unpaired) electrons. The number of hydrogen-bond donors (Lipinski definition) is 1. The summed E-state index contributed by atoms with van der Waals surface area (Å²) >= 11 is 5.44. The van der Waals surface area contributed by atoms with Crippen LogP contribution in [0.1, 0.15) is 27.0 Å². The van der Waals surface area contributed by atoms with Crippen LogP contribution in [0.3, 0.4) is 0 Å². The van der Waals surface area contributed by atoms with E-state index in [-0.39, 0.29) is 5.88 Å². The molecule has 1 aromatic carbocycles. The summed E-state index contributed by atoms with van der Waals surface area (Å²) in [6.07, 6.45) is 0. The zero-order valence-corrected chi connectivity index (χ0v) is 9.35. The maximum Gasteiger partial charge on any atom is 0.336 e. The molecule has 0 atom stereocenters. The number of benzene rings is 1. The van der Waals surface area contributed by atoms with Crippen LogP contribution in [-0.2, 0) is 0 Å². The van der Waals surface area contributed by atoms with Crippen molar-refractivity contribution in [2.24, 2.45) is 0 Å². The van der Waals surface area contributed by atoms with Crippen LogP contribution < -0.4 is 0 Å². The van der Waals surface area contributed by atoms with E-state index in [4.69, 9.17) is 16.7 Å². The molecule has 0 fully saturated rings. The topological polar surface area (TPSA) is 37.3 Å². The lowest BCUT2D eigenvalue weighted by Crippen LogP contribution is -2.03. The fourth-order valence-electron chi connectivity index (χ4n) is 1.51. The third-order valence-electron chi connectivity index (χ3n) is 2.05. The summed E-state index contributed by atoms with van der Waals surface area (Å²) in [6.45, 7) is 3.53. The minimum Gasteiger partial charge on any atom is -0.478 e. The molecule has 0 spiro atoms. The molecule has 0 amide bonds. The summed E-state index contributed by atoms with van der Waals surface area (Å²) in [5.74, 6) is 4.98. The minimum atomic E-state index is -0.901. The Balaban J connectivity index is 3.25. The third kappa shape index (κ3) is 2.74. The molecule has 0 heterocycles. The molecule has 0 aromatic heterocycles. The molecule has 3 heteroatoms. The van der Waals surface area contributed by atoms with Crippen molar-refractivity contribution >= 4 is 17.6 Å². The smallest absolute Gasteiger partial charge is 0.336 e. The molecule has 1 rings (SSSR count). The van der Waals surface area contributed by atoms with Gasteiger partial charge in [-0.05, 0) is 37.1 Å². The van der Waals surface area contributed by atoms with E-state index in [0.717, 1.165) is 16.7 Å². The molecule has 0 saturated heterocycles. The average Bonchev–Trinajstić information content (AvgIpc) is 2.12. The SMILES string of the molecule is Cc1cc(C#CCCl)cc(C)c1C(=O)O. The van der Waals surface area contributed by atoms with Crippen molar-refractivity contribution in [3.8, 4) is 11.8 Å². The van der Waals surface area contributed by atoms with Gasteiger partial charge in [0.25, 0.3) is 0 Å². The maximum atomic E-state index is 10.9. The first-order valence-electron chi connectivity index (χ1n) is 4.45. The maximum absolute atomic E-state index is 10.9. The van der Waals surface area contributed by atoms with Crippen molar-refractivity contribution in [1.82, 2.24) is 0 Å². The van der Waals surface area contributed by atoms with Gasteiger partial charge in [-0.3, -0.25) is 0 Å².